The third-order valence-electron chi connectivity index (χ3n) is 5.24. The van der Waals surface area contributed by atoms with Gasteiger partial charge in [0.25, 0.3) is 5.91 Å². The van der Waals surface area contributed by atoms with E-state index in [2.05, 4.69) is 20.5 Å². The number of benzene rings is 1. The highest BCUT2D eigenvalue weighted by Gasteiger charge is 2.18. The number of piperazine rings is 1. The van der Waals surface area contributed by atoms with Crippen molar-refractivity contribution in [2.24, 2.45) is 10.7 Å². The Labute approximate surface area is 188 Å². The lowest BCUT2D eigenvalue weighted by molar-refractivity contribution is -0.129. The summed E-state index contributed by atoms with van der Waals surface area (Å²) in [5.41, 5.74) is 8.09. The second-order valence-corrected chi connectivity index (χ2v) is 7.76. The first kappa shape index (κ1) is 25.2. The van der Waals surface area contributed by atoms with Crippen molar-refractivity contribution >= 4 is 29.4 Å². The zero-order chi connectivity index (χ0) is 23.7. The van der Waals surface area contributed by atoms with Crippen LogP contribution in [0.25, 0.3) is 0 Å². The molecule has 0 spiro atoms. The number of allylic oxidation sites excluding steroid dienone is 1. The molecule has 2 atom stereocenters. The highest BCUT2D eigenvalue weighted by atomic mass is 16.3. The Morgan fingerprint density at radius 3 is 2.34 bits per heavy atom. The average molecular weight is 447 g/mol. The molecule has 10 nitrogen and oxygen atoms in total. The molecule has 0 radical (unpaired) electrons. The van der Waals surface area contributed by atoms with Gasteiger partial charge in [-0.3, -0.25) is 14.6 Å². The molecule has 0 aliphatic carbocycles. The van der Waals surface area contributed by atoms with Crippen molar-refractivity contribution in [2.45, 2.75) is 33.0 Å². The van der Waals surface area contributed by atoms with Gasteiger partial charge in [-0.25, -0.2) is 0 Å². The van der Waals surface area contributed by atoms with Crippen LogP contribution in [0.4, 0.5) is 11.4 Å². The van der Waals surface area contributed by atoms with E-state index >= 15 is 0 Å². The lowest BCUT2D eigenvalue weighted by Crippen LogP contribution is -2.48. The van der Waals surface area contributed by atoms with Gasteiger partial charge < -0.3 is 36.4 Å². The first-order valence-corrected chi connectivity index (χ1v) is 10.6. The molecule has 0 saturated carbocycles. The molecule has 1 aromatic carbocycles. The fraction of sp³-hybridized carbons (Fsp3) is 0.500. The van der Waals surface area contributed by atoms with Crippen LogP contribution in [0, 0.1) is 0 Å². The molecule has 1 unspecified atom stereocenters. The Morgan fingerprint density at radius 2 is 1.81 bits per heavy atom. The third-order valence-corrected chi connectivity index (χ3v) is 5.24. The molecule has 2 rings (SSSR count). The molecule has 1 fully saturated rings. The summed E-state index contributed by atoms with van der Waals surface area (Å²) in [6.45, 7) is 7.88. The molecular weight excluding hydrogens is 412 g/mol. The quantitative estimate of drug-likeness (QED) is 0.249. The molecule has 1 heterocycles. The Kier molecular flexibility index (Phi) is 9.48. The van der Waals surface area contributed by atoms with Crippen LogP contribution in [-0.4, -0.2) is 84.7 Å². The minimum absolute atomic E-state index is 0.0942. The standard InChI is InChI=1S/C22H34N6O4/c1-15(24-12-20(31)14-29)21(22(23)32)13-25-16(2)26-18-4-6-19(7-5-18)28-10-8-27(9-11-28)17(3)30/h4-7,13,16,20,24,26,29,31H,8-12,14H2,1-3H3,(H2,23,32)/b21-15-,25-13?/t16?,20-/m1/s1. The number of amides is 2. The summed E-state index contributed by atoms with van der Waals surface area (Å²) in [5, 5.41) is 24.4. The maximum atomic E-state index is 11.7. The van der Waals surface area contributed by atoms with Crippen LogP contribution in [0.1, 0.15) is 20.8 Å². The summed E-state index contributed by atoms with van der Waals surface area (Å²) in [7, 11) is 0. The predicted octanol–water partition coefficient (Wildman–Crippen LogP) is -0.114. The SMILES string of the molecule is CC(=O)N1CCN(c2ccc(NC(C)N=C/C(C(N)=O)=C(\C)NC[C@@H](O)CO)cc2)CC1. The number of carbonyl (C=O) groups is 2. The van der Waals surface area contributed by atoms with E-state index in [1.165, 1.54) is 6.21 Å². The minimum Gasteiger partial charge on any atom is -0.394 e. The maximum absolute atomic E-state index is 11.7. The maximum Gasteiger partial charge on any atom is 0.251 e. The topological polar surface area (TPSA) is 144 Å². The van der Waals surface area contributed by atoms with Crippen molar-refractivity contribution in [3.63, 3.8) is 0 Å². The Bertz CT molecular complexity index is 831. The highest BCUT2D eigenvalue weighted by molar-refractivity contribution is 6.12. The fourth-order valence-electron chi connectivity index (χ4n) is 3.29. The number of hydrogen-bond acceptors (Lipinski definition) is 8. The summed E-state index contributed by atoms with van der Waals surface area (Å²) < 4.78 is 0. The predicted molar refractivity (Wildman–Crippen MR) is 125 cm³/mol. The molecule has 32 heavy (non-hydrogen) atoms. The van der Waals surface area contributed by atoms with Gasteiger partial charge in [-0.15, -0.1) is 0 Å². The number of primary amides is 1. The van der Waals surface area contributed by atoms with Crippen molar-refractivity contribution in [1.29, 1.82) is 0 Å². The Balaban J connectivity index is 1.94. The largest absolute Gasteiger partial charge is 0.394 e. The van der Waals surface area contributed by atoms with E-state index < -0.39 is 12.0 Å². The zero-order valence-electron chi connectivity index (χ0n) is 18.9. The molecule has 176 valence electrons. The van der Waals surface area contributed by atoms with E-state index in [4.69, 9.17) is 10.8 Å². The monoisotopic (exact) mass is 446 g/mol. The second kappa shape index (κ2) is 12.1. The molecule has 1 saturated heterocycles. The fourth-order valence-corrected chi connectivity index (χ4v) is 3.29. The molecule has 1 aromatic rings. The van der Waals surface area contributed by atoms with Crippen LogP contribution < -0.4 is 21.3 Å². The van der Waals surface area contributed by atoms with E-state index in [0.29, 0.717) is 5.70 Å². The van der Waals surface area contributed by atoms with Crippen molar-refractivity contribution in [3.05, 3.63) is 35.5 Å². The summed E-state index contributed by atoms with van der Waals surface area (Å²) in [6, 6.07) is 7.98. The smallest absolute Gasteiger partial charge is 0.251 e. The molecule has 0 aromatic heterocycles. The number of rotatable bonds is 10. The molecule has 6 N–H and O–H groups in total. The normalized spacial score (nSPS) is 17.0. The highest BCUT2D eigenvalue weighted by Crippen LogP contribution is 2.20. The van der Waals surface area contributed by atoms with Gasteiger partial charge in [0.1, 0.15) is 6.17 Å². The molecule has 1 aliphatic heterocycles. The lowest BCUT2D eigenvalue weighted by atomic mass is 10.2. The van der Waals surface area contributed by atoms with E-state index in [1.54, 1.807) is 13.8 Å². The van der Waals surface area contributed by atoms with Crippen LogP contribution in [0.3, 0.4) is 0 Å². The van der Waals surface area contributed by atoms with Crippen LogP contribution in [0.5, 0.6) is 0 Å². The van der Waals surface area contributed by atoms with E-state index in [0.717, 1.165) is 37.6 Å². The molecule has 1 aliphatic rings. The summed E-state index contributed by atoms with van der Waals surface area (Å²) in [5.74, 6) is -0.527. The number of nitrogens with zero attached hydrogens (tertiary/aromatic N) is 3. The number of nitrogens with one attached hydrogen (secondary N) is 2. The van der Waals surface area contributed by atoms with Crippen molar-refractivity contribution in [2.75, 3.05) is 49.5 Å². The molecule has 2 amide bonds. The second-order valence-electron chi connectivity index (χ2n) is 7.76. The number of aliphatic imine (C=N–C) groups is 1. The third kappa shape index (κ3) is 7.54. The van der Waals surface area contributed by atoms with Crippen LogP contribution >= 0.6 is 0 Å². The van der Waals surface area contributed by atoms with Crippen LogP contribution in [0.2, 0.25) is 0 Å². The minimum atomic E-state index is -0.933. The van der Waals surface area contributed by atoms with Gasteiger partial charge >= 0.3 is 0 Å². The van der Waals surface area contributed by atoms with Crippen molar-refractivity contribution in [1.82, 2.24) is 10.2 Å². The molecular formula is C22H34N6O4. The average Bonchev–Trinajstić information content (AvgIpc) is 2.77. The molecule has 0 bridgehead atoms. The Hall–Kier alpha value is -3.11. The molecule has 10 heteroatoms. The number of aliphatic hydroxyl groups is 2. The first-order chi connectivity index (χ1) is 15.2. The summed E-state index contributed by atoms with van der Waals surface area (Å²) >= 11 is 0. The van der Waals surface area contributed by atoms with Gasteiger partial charge in [-0.2, -0.15) is 0 Å². The Morgan fingerprint density at radius 1 is 1.19 bits per heavy atom. The first-order valence-electron chi connectivity index (χ1n) is 10.6. The van der Waals surface area contributed by atoms with Gasteiger partial charge in [0.05, 0.1) is 18.3 Å². The summed E-state index contributed by atoms with van der Waals surface area (Å²) in [4.78, 5) is 31.7. The van der Waals surface area contributed by atoms with Crippen LogP contribution in [0.15, 0.2) is 40.5 Å². The zero-order valence-corrected chi connectivity index (χ0v) is 18.9. The lowest BCUT2D eigenvalue weighted by Gasteiger charge is -2.35. The van der Waals surface area contributed by atoms with Gasteiger partial charge in [0.15, 0.2) is 0 Å². The van der Waals surface area contributed by atoms with Gasteiger partial charge in [0, 0.05) is 62.9 Å². The number of hydrogen-bond donors (Lipinski definition) is 5. The van der Waals surface area contributed by atoms with E-state index in [9.17, 15) is 14.7 Å². The van der Waals surface area contributed by atoms with Gasteiger partial charge in [-0.1, -0.05) is 0 Å². The van der Waals surface area contributed by atoms with Gasteiger partial charge in [-0.05, 0) is 38.1 Å². The number of nitrogens with two attached hydrogens (primary N) is 1. The number of carbonyl (C=O) groups excluding carboxylic acids is 2. The van der Waals surface area contributed by atoms with Crippen molar-refractivity contribution in [3.8, 4) is 0 Å². The van der Waals surface area contributed by atoms with E-state index in [1.807, 2.05) is 36.1 Å². The van der Waals surface area contributed by atoms with Crippen LogP contribution in [-0.2, 0) is 9.59 Å². The number of anilines is 2. The van der Waals surface area contributed by atoms with E-state index in [-0.39, 0.29) is 30.8 Å². The van der Waals surface area contributed by atoms with Gasteiger partial charge in [0.2, 0.25) is 5.91 Å². The van der Waals surface area contributed by atoms with Crippen molar-refractivity contribution < 1.29 is 19.8 Å². The summed E-state index contributed by atoms with van der Waals surface area (Å²) in [6.07, 6.45) is 0.152. The number of aliphatic hydroxyl groups excluding tert-OH is 2.